The topological polar surface area (TPSA) is 48.9 Å². The second-order valence-electron chi connectivity index (χ2n) is 6.18. The van der Waals surface area contributed by atoms with Gasteiger partial charge < -0.3 is 20.3 Å². The van der Waals surface area contributed by atoms with E-state index < -0.39 is 0 Å². The zero-order valence-corrected chi connectivity index (χ0v) is 15.9. The molecule has 0 bridgehead atoms. The lowest BCUT2D eigenvalue weighted by Crippen LogP contribution is -2.48. The molecule has 5 nitrogen and oxygen atoms in total. The number of aliphatic imine (C=N–C) groups is 1. The number of anilines is 1. The Morgan fingerprint density at radius 2 is 2.12 bits per heavy atom. The van der Waals surface area contributed by atoms with Gasteiger partial charge in [-0.3, -0.25) is 4.99 Å². The zero-order chi connectivity index (χ0) is 17.0. The lowest BCUT2D eigenvalue weighted by atomic mass is 10.1. The average Bonchev–Trinajstić information content (AvgIpc) is 3.15. The van der Waals surface area contributed by atoms with Crippen LogP contribution in [-0.2, 0) is 4.74 Å². The fraction of sp³-hybridized carbons (Fsp3) is 0.722. The van der Waals surface area contributed by atoms with Crippen LogP contribution in [0.25, 0.3) is 0 Å². The Balaban J connectivity index is 1.58. The Bertz CT molecular complexity index is 456. The predicted octanol–water partition coefficient (Wildman–Crippen LogP) is 3.09. The maximum Gasteiger partial charge on any atom is 0.191 e. The van der Waals surface area contributed by atoms with Crippen molar-refractivity contribution in [1.29, 1.82) is 0 Å². The second-order valence-corrected chi connectivity index (χ2v) is 7.10. The number of rotatable bonds is 9. The summed E-state index contributed by atoms with van der Waals surface area (Å²) in [6, 6.07) is 4.84. The van der Waals surface area contributed by atoms with Crippen LogP contribution in [0.1, 0.15) is 39.0 Å². The van der Waals surface area contributed by atoms with Crippen molar-refractivity contribution >= 4 is 22.3 Å². The minimum Gasteiger partial charge on any atom is -0.381 e. The van der Waals surface area contributed by atoms with Gasteiger partial charge in [0.1, 0.15) is 0 Å². The van der Waals surface area contributed by atoms with Gasteiger partial charge in [-0.2, -0.15) is 0 Å². The normalized spacial score (nSPS) is 16.4. The largest absolute Gasteiger partial charge is 0.381 e. The van der Waals surface area contributed by atoms with Crippen molar-refractivity contribution in [3.8, 4) is 0 Å². The van der Waals surface area contributed by atoms with Crippen LogP contribution in [0.5, 0.6) is 0 Å². The SMILES string of the molecule is CCCCOCCCNC(=NC)NC1CCN(c2cccs2)CC1. The van der Waals surface area contributed by atoms with E-state index in [9.17, 15) is 0 Å². The van der Waals surface area contributed by atoms with Gasteiger partial charge >= 0.3 is 0 Å². The van der Waals surface area contributed by atoms with Crippen LogP contribution in [-0.4, -0.2) is 51.9 Å². The smallest absolute Gasteiger partial charge is 0.191 e. The van der Waals surface area contributed by atoms with Crippen molar-refractivity contribution in [1.82, 2.24) is 10.6 Å². The number of ether oxygens (including phenoxy) is 1. The van der Waals surface area contributed by atoms with Gasteiger partial charge in [0.05, 0.1) is 5.00 Å². The molecule has 1 aliphatic rings. The van der Waals surface area contributed by atoms with Crippen LogP contribution in [0.2, 0.25) is 0 Å². The van der Waals surface area contributed by atoms with E-state index in [1.165, 1.54) is 11.4 Å². The van der Waals surface area contributed by atoms with Gasteiger partial charge in [-0.15, -0.1) is 11.3 Å². The summed E-state index contributed by atoms with van der Waals surface area (Å²) in [5.74, 6) is 0.915. The minimum atomic E-state index is 0.508. The lowest BCUT2D eigenvalue weighted by molar-refractivity contribution is 0.129. The quantitative estimate of drug-likeness (QED) is 0.407. The monoisotopic (exact) mass is 352 g/mol. The van der Waals surface area contributed by atoms with Crippen LogP contribution in [0.4, 0.5) is 5.00 Å². The van der Waals surface area contributed by atoms with Crippen molar-refractivity contribution in [3.63, 3.8) is 0 Å². The molecule has 1 aliphatic heterocycles. The molecule has 6 heteroatoms. The molecule has 24 heavy (non-hydrogen) atoms. The van der Waals surface area contributed by atoms with E-state index in [4.69, 9.17) is 4.74 Å². The predicted molar refractivity (Wildman–Crippen MR) is 104 cm³/mol. The van der Waals surface area contributed by atoms with E-state index in [1.54, 1.807) is 0 Å². The number of nitrogens with one attached hydrogen (secondary N) is 2. The first-order valence-corrected chi connectivity index (χ1v) is 10.0. The van der Waals surface area contributed by atoms with Gasteiger partial charge in [-0.05, 0) is 43.2 Å². The standard InChI is InChI=1S/C18H32N4OS/c1-3-4-13-23-14-6-10-20-18(19-2)21-16-8-11-22(12-9-16)17-7-5-15-24-17/h5,7,15-16H,3-4,6,8-14H2,1-2H3,(H2,19,20,21). The molecule has 2 rings (SSSR count). The number of unbranched alkanes of at least 4 members (excludes halogenated alkanes) is 1. The summed E-state index contributed by atoms with van der Waals surface area (Å²) < 4.78 is 5.58. The Morgan fingerprint density at radius 1 is 1.33 bits per heavy atom. The number of thiophene rings is 1. The average molecular weight is 353 g/mol. The molecular formula is C18H32N4OS. The molecule has 1 fully saturated rings. The minimum absolute atomic E-state index is 0.508. The van der Waals surface area contributed by atoms with E-state index in [2.05, 4.69) is 45.0 Å². The fourth-order valence-corrected chi connectivity index (χ4v) is 3.60. The van der Waals surface area contributed by atoms with Crippen molar-refractivity contribution in [2.45, 2.75) is 45.1 Å². The Kier molecular flexibility index (Phi) is 8.98. The highest BCUT2D eigenvalue weighted by atomic mass is 32.1. The third kappa shape index (κ3) is 6.69. The number of hydrogen-bond donors (Lipinski definition) is 2. The van der Waals surface area contributed by atoms with E-state index in [-0.39, 0.29) is 0 Å². The van der Waals surface area contributed by atoms with Crippen LogP contribution >= 0.6 is 11.3 Å². The molecule has 0 saturated carbocycles. The van der Waals surface area contributed by atoms with Crippen molar-refractivity contribution in [2.75, 3.05) is 44.8 Å². The molecule has 0 radical (unpaired) electrons. The van der Waals surface area contributed by atoms with Crippen molar-refractivity contribution < 1.29 is 4.74 Å². The molecule has 136 valence electrons. The maximum atomic E-state index is 5.58. The summed E-state index contributed by atoms with van der Waals surface area (Å²) in [5.41, 5.74) is 0. The molecule has 2 N–H and O–H groups in total. The number of piperidine rings is 1. The van der Waals surface area contributed by atoms with E-state index >= 15 is 0 Å². The van der Waals surface area contributed by atoms with Gasteiger partial charge in [0.15, 0.2) is 5.96 Å². The lowest BCUT2D eigenvalue weighted by Gasteiger charge is -2.33. The van der Waals surface area contributed by atoms with Crippen LogP contribution in [0.15, 0.2) is 22.5 Å². The van der Waals surface area contributed by atoms with E-state index in [0.717, 1.165) is 64.5 Å². The molecule has 1 aromatic heterocycles. The summed E-state index contributed by atoms with van der Waals surface area (Å²) in [6.45, 7) is 7.02. The number of hydrogen-bond acceptors (Lipinski definition) is 4. The van der Waals surface area contributed by atoms with E-state index in [1.807, 2.05) is 18.4 Å². The fourth-order valence-electron chi connectivity index (χ4n) is 2.81. The molecule has 0 aromatic carbocycles. The Hall–Kier alpha value is -1.27. The summed E-state index contributed by atoms with van der Waals surface area (Å²) >= 11 is 1.83. The van der Waals surface area contributed by atoms with Crippen LogP contribution < -0.4 is 15.5 Å². The second kappa shape index (κ2) is 11.3. The molecule has 0 spiro atoms. The molecule has 1 aromatic rings. The third-order valence-electron chi connectivity index (χ3n) is 4.28. The number of nitrogens with zero attached hydrogens (tertiary/aromatic N) is 2. The summed E-state index contributed by atoms with van der Waals surface area (Å²) in [7, 11) is 1.84. The zero-order valence-electron chi connectivity index (χ0n) is 15.1. The highest BCUT2D eigenvalue weighted by Gasteiger charge is 2.20. The molecule has 0 aliphatic carbocycles. The first-order valence-electron chi connectivity index (χ1n) is 9.17. The first kappa shape index (κ1) is 19.1. The highest BCUT2D eigenvalue weighted by Crippen LogP contribution is 2.24. The van der Waals surface area contributed by atoms with Crippen molar-refractivity contribution in [3.05, 3.63) is 17.5 Å². The van der Waals surface area contributed by atoms with Gasteiger partial charge in [-0.1, -0.05) is 13.3 Å². The van der Waals surface area contributed by atoms with Gasteiger partial charge in [0.25, 0.3) is 0 Å². The van der Waals surface area contributed by atoms with Gasteiger partial charge in [0.2, 0.25) is 0 Å². The highest BCUT2D eigenvalue weighted by molar-refractivity contribution is 7.14. The first-order chi connectivity index (χ1) is 11.8. The molecule has 0 atom stereocenters. The van der Waals surface area contributed by atoms with Gasteiger partial charge in [0, 0.05) is 45.9 Å². The maximum absolute atomic E-state index is 5.58. The summed E-state index contributed by atoms with van der Waals surface area (Å²) in [4.78, 5) is 6.82. The van der Waals surface area contributed by atoms with Crippen molar-refractivity contribution in [2.24, 2.45) is 4.99 Å². The van der Waals surface area contributed by atoms with Crippen LogP contribution in [0, 0.1) is 0 Å². The molecule has 0 unspecified atom stereocenters. The summed E-state index contributed by atoms with van der Waals surface area (Å²) in [5, 5.41) is 10.5. The Labute approximate surface area is 150 Å². The summed E-state index contributed by atoms with van der Waals surface area (Å²) in [6.07, 6.45) is 5.67. The third-order valence-corrected chi connectivity index (χ3v) is 5.21. The molecular weight excluding hydrogens is 320 g/mol. The van der Waals surface area contributed by atoms with Crippen LogP contribution in [0.3, 0.4) is 0 Å². The molecule has 2 heterocycles. The molecule has 0 amide bonds. The number of guanidine groups is 1. The molecule has 1 saturated heterocycles. The van der Waals surface area contributed by atoms with Gasteiger partial charge in [-0.25, -0.2) is 0 Å². The van der Waals surface area contributed by atoms with E-state index in [0.29, 0.717) is 6.04 Å². The Morgan fingerprint density at radius 3 is 2.79 bits per heavy atom.